The second-order valence-corrected chi connectivity index (χ2v) is 11.4. The van der Waals surface area contributed by atoms with Gasteiger partial charge in [0.05, 0.1) is 11.4 Å². The first-order chi connectivity index (χ1) is 18.8. The highest BCUT2D eigenvalue weighted by molar-refractivity contribution is 14.1. The molecule has 0 fully saturated rings. The number of allylic oxidation sites excluding steroid dienone is 5. The fraction of sp³-hybridized carbons (Fsp3) is 0.0556. The normalized spacial score (nSPS) is 18.8. The van der Waals surface area contributed by atoms with Crippen LogP contribution in [0.4, 0.5) is 11.4 Å². The summed E-state index contributed by atoms with van der Waals surface area (Å²) in [6, 6.07) is 35.4. The van der Waals surface area contributed by atoms with Crippen molar-refractivity contribution in [2.75, 3.05) is 4.90 Å². The smallest absolute Gasteiger partial charge is 0.0537 e. The fourth-order valence-corrected chi connectivity index (χ4v) is 7.25. The van der Waals surface area contributed by atoms with Crippen LogP contribution in [-0.2, 0) is 0 Å². The molecule has 0 heterocycles. The van der Waals surface area contributed by atoms with Gasteiger partial charge in [0.2, 0.25) is 0 Å². The molecule has 38 heavy (non-hydrogen) atoms. The average molecular weight is 597 g/mol. The minimum absolute atomic E-state index is 0.238. The van der Waals surface area contributed by atoms with E-state index in [0.717, 1.165) is 0 Å². The van der Waals surface area contributed by atoms with Gasteiger partial charge >= 0.3 is 0 Å². The molecule has 0 aromatic heterocycles. The zero-order valence-electron chi connectivity index (χ0n) is 20.7. The van der Waals surface area contributed by atoms with Crippen molar-refractivity contribution in [2.24, 2.45) is 5.92 Å². The van der Waals surface area contributed by atoms with E-state index >= 15 is 0 Å². The highest BCUT2D eigenvalue weighted by atomic mass is 127. The van der Waals surface area contributed by atoms with E-state index in [9.17, 15) is 0 Å². The Labute approximate surface area is 236 Å². The Morgan fingerprint density at radius 2 is 1.26 bits per heavy atom. The maximum absolute atomic E-state index is 2.53. The van der Waals surface area contributed by atoms with Crippen LogP contribution in [0.2, 0.25) is 0 Å². The molecule has 0 bridgehead atoms. The van der Waals surface area contributed by atoms with E-state index in [2.05, 4.69) is 161 Å². The number of fused-ring (bicyclic) bond motifs is 2. The number of nitrogens with zero attached hydrogens (tertiary/aromatic N) is 1. The highest BCUT2D eigenvalue weighted by Crippen LogP contribution is 2.53. The lowest BCUT2D eigenvalue weighted by atomic mass is 9.67. The van der Waals surface area contributed by atoms with Crippen LogP contribution in [0.5, 0.6) is 0 Å². The first kappa shape index (κ1) is 22.1. The van der Waals surface area contributed by atoms with Crippen molar-refractivity contribution < 1.29 is 0 Å². The monoisotopic (exact) mass is 597 g/mol. The molecule has 5 aromatic rings. The third-order valence-electron chi connectivity index (χ3n) is 8.28. The van der Waals surface area contributed by atoms with Gasteiger partial charge in [0.25, 0.3) is 0 Å². The standard InChI is InChI=1S/C36H24IN/c37-31-21-17-25-16-20-30-34(22-18-26-15-19-29(31)35(25)36(26)30)38(32-13-5-9-23-7-1-3-11-27(23)32)33-14-6-10-24-8-2-4-12-28(24)33/h1-22,30,36H. The maximum atomic E-state index is 2.53. The average Bonchev–Trinajstić information content (AvgIpc) is 2.98. The van der Waals surface area contributed by atoms with E-state index in [0.29, 0.717) is 5.92 Å². The lowest BCUT2D eigenvalue weighted by Gasteiger charge is -2.42. The third kappa shape index (κ3) is 3.23. The quantitative estimate of drug-likeness (QED) is 0.187. The molecule has 2 heteroatoms. The summed E-state index contributed by atoms with van der Waals surface area (Å²) in [4.78, 5) is 2.53. The third-order valence-corrected chi connectivity index (χ3v) is 9.22. The first-order valence-electron chi connectivity index (χ1n) is 13.1. The van der Waals surface area contributed by atoms with Crippen molar-refractivity contribution >= 4 is 67.7 Å². The van der Waals surface area contributed by atoms with Gasteiger partial charge in [-0.25, -0.2) is 0 Å². The highest BCUT2D eigenvalue weighted by Gasteiger charge is 2.39. The van der Waals surface area contributed by atoms with Crippen LogP contribution < -0.4 is 4.90 Å². The molecular weight excluding hydrogens is 573 g/mol. The van der Waals surface area contributed by atoms with Gasteiger partial charge in [-0.3, -0.25) is 0 Å². The summed E-state index contributed by atoms with van der Waals surface area (Å²) in [6.07, 6.45) is 14.1. The Morgan fingerprint density at radius 1 is 0.605 bits per heavy atom. The summed E-state index contributed by atoms with van der Waals surface area (Å²) < 4.78 is 1.32. The predicted octanol–water partition coefficient (Wildman–Crippen LogP) is 10.0. The lowest BCUT2D eigenvalue weighted by molar-refractivity contribution is 0.619. The molecule has 3 aliphatic carbocycles. The Balaban J connectivity index is 1.42. The van der Waals surface area contributed by atoms with Crippen LogP contribution in [0.25, 0.3) is 33.7 Å². The Morgan fingerprint density at radius 3 is 1.97 bits per heavy atom. The van der Waals surface area contributed by atoms with Gasteiger partial charge in [-0.15, -0.1) is 0 Å². The van der Waals surface area contributed by atoms with Gasteiger partial charge in [0.15, 0.2) is 0 Å². The first-order valence-corrected chi connectivity index (χ1v) is 14.2. The maximum Gasteiger partial charge on any atom is 0.0537 e. The summed E-state index contributed by atoms with van der Waals surface area (Å²) in [5, 5.41) is 5.03. The molecule has 5 aromatic carbocycles. The largest absolute Gasteiger partial charge is 0.312 e. The van der Waals surface area contributed by atoms with Crippen LogP contribution in [-0.4, -0.2) is 0 Å². The van der Waals surface area contributed by atoms with Gasteiger partial charge in [0, 0.05) is 31.9 Å². The minimum Gasteiger partial charge on any atom is -0.312 e. The van der Waals surface area contributed by atoms with Crippen molar-refractivity contribution in [3.8, 4) is 0 Å². The van der Waals surface area contributed by atoms with Crippen molar-refractivity contribution in [1.29, 1.82) is 0 Å². The molecule has 0 amide bonds. The zero-order valence-corrected chi connectivity index (χ0v) is 22.8. The Kier molecular flexibility index (Phi) is 4.99. The molecule has 2 atom stereocenters. The minimum atomic E-state index is 0.238. The summed E-state index contributed by atoms with van der Waals surface area (Å²) in [6.45, 7) is 0. The molecule has 0 N–H and O–H groups in total. The molecular formula is C36H24IN. The van der Waals surface area contributed by atoms with E-state index in [1.54, 1.807) is 0 Å². The van der Waals surface area contributed by atoms with Gasteiger partial charge in [-0.1, -0.05) is 109 Å². The second kappa shape index (κ2) is 8.57. The molecule has 0 saturated heterocycles. The van der Waals surface area contributed by atoms with Gasteiger partial charge in [-0.05, 0) is 79.9 Å². The second-order valence-electron chi connectivity index (χ2n) is 10.3. The Hall–Kier alpha value is -3.89. The predicted molar refractivity (Wildman–Crippen MR) is 170 cm³/mol. The summed E-state index contributed by atoms with van der Waals surface area (Å²) in [7, 11) is 0. The number of anilines is 2. The van der Waals surface area contributed by atoms with E-state index < -0.39 is 0 Å². The van der Waals surface area contributed by atoms with E-state index in [1.165, 1.54) is 64.5 Å². The fourth-order valence-electron chi connectivity index (χ4n) is 6.60. The van der Waals surface area contributed by atoms with Crippen LogP contribution >= 0.6 is 22.6 Å². The van der Waals surface area contributed by atoms with Crippen molar-refractivity contribution in [3.05, 3.63) is 153 Å². The van der Waals surface area contributed by atoms with Crippen LogP contribution in [0, 0.1) is 9.49 Å². The van der Waals surface area contributed by atoms with E-state index in [1.807, 2.05) is 0 Å². The lowest BCUT2D eigenvalue weighted by Crippen LogP contribution is -2.31. The van der Waals surface area contributed by atoms with Crippen LogP contribution in [0.1, 0.15) is 22.6 Å². The van der Waals surface area contributed by atoms with Crippen molar-refractivity contribution in [3.63, 3.8) is 0 Å². The van der Waals surface area contributed by atoms with Gasteiger partial charge in [0.1, 0.15) is 0 Å². The summed E-state index contributed by atoms with van der Waals surface area (Å²) in [5.74, 6) is 0.555. The number of rotatable bonds is 3. The number of hydrogen-bond donors (Lipinski definition) is 0. The molecule has 0 aliphatic heterocycles. The summed E-state index contributed by atoms with van der Waals surface area (Å²) >= 11 is 2.49. The topological polar surface area (TPSA) is 3.24 Å². The van der Waals surface area contributed by atoms with Gasteiger partial charge in [-0.2, -0.15) is 0 Å². The van der Waals surface area contributed by atoms with E-state index in [4.69, 9.17) is 0 Å². The van der Waals surface area contributed by atoms with Crippen LogP contribution in [0.15, 0.2) is 133 Å². The summed E-state index contributed by atoms with van der Waals surface area (Å²) in [5.41, 5.74) is 9.34. The number of benzene rings is 5. The van der Waals surface area contributed by atoms with Crippen molar-refractivity contribution in [2.45, 2.75) is 5.92 Å². The number of halogens is 1. The SMILES string of the molecule is Ic1ccc2c3c1C=CC1=CC=C(N(c4cccc5ccccc45)c4cccc5ccccc45)C(C=C2)C13. The molecule has 0 radical (unpaired) electrons. The molecule has 0 spiro atoms. The Bertz CT molecular complexity index is 1810. The van der Waals surface area contributed by atoms with Crippen molar-refractivity contribution in [1.82, 2.24) is 0 Å². The molecule has 3 aliphatic rings. The molecule has 2 unspecified atom stereocenters. The number of hydrogen-bond acceptors (Lipinski definition) is 1. The van der Waals surface area contributed by atoms with Gasteiger partial charge < -0.3 is 4.90 Å². The van der Waals surface area contributed by atoms with Crippen LogP contribution in [0.3, 0.4) is 0 Å². The van der Waals surface area contributed by atoms with E-state index in [-0.39, 0.29) is 5.92 Å². The molecule has 0 saturated carbocycles. The molecule has 1 nitrogen and oxygen atoms in total. The molecule has 8 rings (SSSR count). The molecule has 180 valence electrons. The zero-order chi connectivity index (χ0) is 25.2.